The molecule has 5 aromatic carbocycles. The first-order chi connectivity index (χ1) is 21.9. The average Bonchev–Trinajstić information content (AvgIpc) is 3.36. The molecule has 7 nitrogen and oxygen atoms in total. The SMILES string of the molecule is CS(=O)(=O)N(Cc1ccccc1)c1ccc(C(=O)CNCCOc2ccc3c4ccccc4n(Cc4ccccc4)c3c2)cc1.Cl. The van der Waals surface area contributed by atoms with Gasteiger partial charge in [0.2, 0.25) is 10.0 Å². The van der Waals surface area contributed by atoms with E-state index in [0.29, 0.717) is 24.4 Å². The Labute approximate surface area is 275 Å². The van der Waals surface area contributed by atoms with Crippen LogP contribution in [0.5, 0.6) is 5.75 Å². The summed E-state index contributed by atoms with van der Waals surface area (Å²) in [5.74, 6) is 0.691. The molecular weight excluding hydrogens is 618 g/mol. The summed E-state index contributed by atoms with van der Waals surface area (Å²) in [6.07, 6.45) is 1.18. The molecule has 1 aromatic heterocycles. The van der Waals surface area contributed by atoms with Crippen molar-refractivity contribution in [2.24, 2.45) is 0 Å². The van der Waals surface area contributed by atoms with Crippen LogP contribution in [0.2, 0.25) is 0 Å². The number of anilines is 1. The number of nitrogens with zero attached hydrogens (tertiary/aromatic N) is 2. The van der Waals surface area contributed by atoms with Crippen molar-refractivity contribution in [3.05, 3.63) is 144 Å². The lowest BCUT2D eigenvalue weighted by molar-refractivity contribution is 0.0990. The van der Waals surface area contributed by atoms with E-state index in [0.717, 1.165) is 23.4 Å². The molecule has 6 rings (SSSR count). The van der Waals surface area contributed by atoms with Crippen molar-refractivity contribution < 1.29 is 17.9 Å². The molecule has 9 heteroatoms. The Morgan fingerprint density at radius 2 is 1.39 bits per heavy atom. The zero-order valence-electron chi connectivity index (χ0n) is 25.5. The Hall–Kier alpha value is -4.63. The molecule has 0 aliphatic heterocycles. The van der Waals surface area contributed by atoms with Gasteiger partial charge in [0, 0.05) is 41.0 Å². The summed E-state index contributed by atoms with van der Waals surface area (Å²) in [5, 5.41) is 5.56. The average molecular weight is 654 g/mol. The Balaban J connectivity index is 0.00000417. The minimum Gasteiger partial charge on any atom is -0.492 e. The number of hydrogen-bond acceptors (Lipinski definition) is 5. The van der Waals surface area contributed by atoms with Gasteiger partial charge in [0.05, 0.1) is 30.5 Å². The van der Waals surface area contributed by atoms with E-state index in [4.69, 9.17) is 4.74 Å². The second kappa shape index (κ2) is 14.6. The van der Waals surface area contributed by atoms with Crippen LogP contribution < -0.4 is 14.4 Å². The van der Waals surface area contributed by atoms with Crippen LogP contribution in [-0.2, 0) is 23.1 Å². The smallest absolute Gasteiger partial charge is 0.232 e. The van der Waals surface area contributed by atoms with Gasteiger partial charge in [-0.3, -0.25) is 9.10 Å². The molecule has 1 heterocycles. The van der Waals surface area contributed by atoms with Crippen molar-refractivity contribution in [1.29, 1.82) is 0 Å². The van der Waals surface area contributed by atoms with E-state index in [-0.39, 0.29) is 31.3 Å². The fourth-order valence-electron chi connectivity index (χ4n) is 5.56. The Morgan fingerprint density at radius 3 is 2.09 bits per heavy atom. The van der Waals surface area contributed by atoms with Gasteiger partial charge in [0.1, 0.15) is 12.4 Å². The Bertz CT molecular complexity index is 2030. The highest BCUT2D eigenvalue weighted by atomic mass is 35.5. The number of nitrogens with one attached hydrogen (secondary N) is 1. The highest BCUT2D eigenvalue weighted by Crippen LogP contribution is 2.32. The summed E-state index contributed by atoms with van der Waals surface area (Å²) < 4.78 is 34.7. The molecule has 236 valence electrons. The molecule has 6 aromatic rings. The van der Waals surface area contributed by atoms with Crippen molar-refractivity contribution in [3.63, 3.8) is 0 Å². The minimum atomic E-state index is -3.51. The van der Waals surface area contributed by atoms with Crippen LogP contribution in [-0.4, -0.2) is 44.7 Å². The van der Waals surface area contributed by atoms with Gasteiger partial charge >= 0.3 is 0 Å². The summed E-state index contributed by atoms with van der Waals surface area (Å²) in [6.45, 7) is 2.02. The number of ketones is 1. The lowest BCUT2D eigenvalue weighted by Gasteiger charge is -2.22. The van der Waals surface area contributed by atoms with Gasteiger partial charge in [-0.25, -0.2) is 8.42 Å². The van der Waals surface area contributed by atoms with Crippen molar-refractivity contribution in [2.75, 3.05) is 30.3 Å². The first-order valence-electron chi connectivity index (χ1n) is 14.9. The molecule has 0 aliphatic carbocycles. The second-order valence-corrected chi connectivity index (χ2v) is 12.9. The van der Waals surface area contributed by atoms with Crippen LogP contribution in [0.3, 0.4) is 0 Å². The number of sulfonamides is 1. The van der Waals surface area contributed by atoms with Gasteiger partial charge < -0.3 is 14.6 Å². The monoisotopic (exact) mass is 653 g/mol. The number of para-hydroxylation sites is 1. The third-order valence-electron chi connectivity index (χ3n) is 7.81. The summed E-state index contributed by atoms with van der Waals surface area (Å²) >= 11 is 0. The molecule has 0 fully saturated rings. The second-order valence-electron chi connectivity index (χ2n) is 11.0. The molecule has 0 aliphatic rings. The standard InChI is InChI=1S/C37H35N3O4S.ClH/c1-45(42,43)40(27-29-12-6-3-7-13-29)31-18-16-30(17-19-31)37(41)25-38-22-23-44-32-20-21-34-33-14-8-9-15-35(33)39(36(34)24-32)26-28-10-4-2-5-11-28;/h2-21,24,38H,22-23,25-27H2,1H3;1H. The molecule has 0 atom stereocenters. The molecule has 0 spiro atoms. The third-order valence-corrected chi connectivity index (χ3v) is 8.95. The number of ether oxygens (including phenoxy) is 1. The van der Waals surface area contributed by atoms with E-state index in [9.17, 15) is 13.2 Å². The van der Waals surface area contributed by atoms with Crippen LogP contribution in [0.1, 0.15) is 21.5 Å². The van der Waals surface area contributed by atoms with E-state index < -0.39 is 10.0 Å². The van der Waals surface area contributed by atoms with E-state index in [1.807, 2.05) is 42.5 Å². The van der Waals surface area contributed by atoms with Crippen molar-refractivity contribution >= 4 is 55.7 Å². The highest BCUT2D eigenvalue weighted by molar-refractivity contribution is 7.92. The lowest BCUT2D eigenvalue weighted by Crippen LogP contribution is -2.29. The van der Waals surface area contributed by atoms with E-state index in [1.165, 1.54) is 32.4 Å². The largest absolute Gasteiger partial charge is 0.492 e. The topological polar surface area (TPSA) is 80.6 Å². The van der Waals surface area contributed by atoms with E-state index >= 15 is 0 Å². The van der Waals surface area contributed by atoms with Gasteiger partial charge in [0.25, 0.3) is 0 Å². The Morgan fingerprint density at radius 1 is 0.761 bits per heavy atom. The molecule has 0 bridgehead atoms. The predicted molar refractivity (Wildman–Crippen MR) is 189 cm³/mol. The third kappa shape index (κ3) is 7.59. The molecule has 46 heavy (non-hydrogen) atoms. The van der Waals surface area contributed by atoms with Gasteiger partial charge in [-0.1, -0.05) is 78.9 Å². The van der Waals surface area contributed by atoms with Crippen molar-refractivity contribution in [3.8, 4) is 5.75 Å². The van der Waals surface area contributed by atoms with Crippen molar-refractivity contribution in [2.45, 2.75) is 13.1 Å². The number of rotatable bonds is 13. The summed E-state index contributed by atoms with van der Waals surface area (Å²) in [6, 6.07) is 41.2. The number of carbonyl (C=O) groups is 1. The van der Waals surface area contributed by atoms with E-state index in [2.05, 4.69) is 70.5 Å². The highest BCUT2D eigenvalue weighted by Gasteiger charge is 2.18. The quantitative estimate of drug-likeness (QED) is 0.106. The van der Waals surface area contributed by atoms with E-state index in [1.54, 1.807) is 24.3 Å². The molecule has 0 radical (unpaired) electrons. The molecular formula is C37H36ClN3O4S. The number of Topliss-reactive ketones (excluding diaryl/α,β-unsaturated/α-hetero) is 1. The van der Waals surface area contributed by atoms with Crippen LogP contribution in [0.4, 0.5) is 5.69 Å². The molecule has 0 saturated heterocycles. The maximum atomic E-state index is 12.8. The molecule has 0 saturated carbocycles. The zero-order valence-corrected chi connectivity index (χ0v) is 27.1. The number of halogens is 1. The van der Waals surface area contributed by atoms with Crippen LogP contribution in [0.25, 0.3) is 21.8 Å². The number of fused-ring (bicyclic) bond motifs is 3. The first kappa shape index (κ1) is 32.8. The molecule has 0 amide bonds. The summed E-state index contributed by atoms with van der Waals surface area (Å²) in [7, 11) is -3.51. The Kier molecular flexibility index (Phi) is 10.4. The predicted octanol–water partition coefficient (Wildman–Crippen LogP) is 7.08. The molecule has 1 N–H and O–H groups in total. The lowest BCUT2D eigenvalue weighted by atomic mass is 10.1. The van der Waals surface area contributed by atoms with Gasteiger partial charge in [-0.2, -0.15) is 0 Å². The fraction of sp³-hybridized carbons (Fsp3) is 0.162. The number of benzene rings is 5. The fourth-order valence-corrected chi connectivity index (χ4v) is 6.45. The maximum Gasteiger partial charge on any atom is 0.232 e. The van der Waals surface area contributed by atoms with Crippen molar-refractivity contribution in [1.82, 2.24) is 9.88 Å². The van der Waals surface area contributed by atoms with Gasteiger partial charge in [-0.05, 0) is 53.6 Å². The zero-order chi connectivity index (χ0) is 31.2. The van der Waals surface area contributed by atoms with Gasteiger partial charge in [-0.15, -0.1) is 12.4 Å². The number of carbonyl (C=O) groups excluding carboxylic acids is 1. The summed E-state index contributed by atoms with van der Waals surface area (Å²) in [4.78, 5) is 12.8. The van der Waals surface area contributed by atoms with Crippen LogP contribution >= 0.6 is 12.4 Å². The number of hydrogen-bond donors (Lipinski definition) is 1. The minimum absolute atomic E-state index is 0. The van der Waals surface area contributed by atoms with Gasteiger partial charge in [0.15, 0.2) is 5.78 Å². The first-order valence-corrected chi connectivity index (χ1v) is 16.7. The molecule has 0 unspecified atom stereocenters. The normalized spacial score (nSPS) is 11.3. The van der Waals surface area contributed by atoms with Crippen LogP contribution in [0, 0.1) is 0 Å². The van der Waals surface area contributed by atoms with Crippen LogP contribution in [0.15, 0.2) is 127 Å². The number of aromatic nitrogens is 1. The maximum absolute atomic E-state index is 12.8. The summed E-state index contributed by atoms with van der Waals surface area (Å²) in [5.41, 5.74) is 5.43.